The molecule has 0 radical (unpaired) electrons. The number of hydrogen-bond acceptors (Lipinski definition) is 2. The summed E-state index contributed by atoms with van der Waals surface area (Å²) in [6, 6.07) is 7.00. The van der Waals surface area contributed by atoms with Crippen LogP contribution in [-0.4, -0.2) is 12.1 Å². The zero-order valence-corrected chi connectivity index (χ0v) is 19.0. The summed E-state index contributed by atoms with van der Waals surface area (Å²) in [7, 11) is 0. The van der Waals surface area contributed by atoms with Crippen molar-refractivity contribution in [3.05, 3.63) is 35.1 Å². The molecule has 1 aromatic rings. The molecule has 3 heteroatoms. The van der Waals surface area contributed by atoms with Gasteiger partial charge in [-0.1, -0.05) is 19.1 Å². The molecule has 2 nitrogen and oxygen atoms in total. The van der Waals surface area contributed by atoms with E-state index in [9.17, 15) is 0 Å². The summed E-state index contributed by atoms with van der Waals surface area (Å²) >= 11 is 0. The maximum atomic E-state index is 15.1. The fraction of sp³-hybridized carbons (Fsp3) is 0.778. The minimum Gasteiger partial charge on any atom is -0.328 e. The van der Waals surface area contributed by atoms with Crippen molar-refractivity contribution in [3.8, 4) is 0 Å². The maximum absolute atomic E-state index is 15.1. The smallest absolute Gasteiger partial charge is 0.126 e. The lowest BCUT2D eigenvalue weighted by Gasteiger charge is -2.37. The lowest BCUT2D eigenvalue weighted by atomic mass is 9.69. The van der Waals surface area contributed by atoms with Crippen LogP contribution in [-0.2, 0) is 0 Å². The normalized spacial score (nSPS) is 36.4. The lowest BCUT2D eigenvalue weighted by molar-refractivity contribution is 0.177. The van der Waals surface area contributed by atoms with Gasteiger partial charge < -0.3 is 11.5 Å². The topological polar surface area (TPSA) is 52.0 Å². The SMILES string of the molecule is CCC(N)C1CCC(c2ccc(C3CCC(C4CCC(N)CC4)CC3)c(F)c2)CC1. The molecule has 168 valence electrons. The molecule has 3 aliphatic carbocycles. The van der Waals surface area contributed by atoms with Crippen LogP contribution in [0.3, 0.4) is 0 Å². The van der Waals surface area contributed by atoms with E-state index >= 15 is 4.39 Å². The van der Waals surface area contributed by atoms with Crippen molar-refractivity contribution >= 4 is 0 Å². The monoisotopic (exact) mass is 414 g/mol. The van der Waals surface area contributed by atoms with Gasteiger partial charge in [0.25, 0.3) is 0 Å². The van der Waals surface area contributed by atoms with Gasteiger partial charge in [-0.3, -0.25) is 0 Å². The zero-order valence-electron chi connectivity index (χ0n) is 19.0. The van der Waals surface area contributed by atoms with E-state index in [1.54, 1.807) is 0 Å². The van der Waals surface area contributed by atoms with Crippen LogP contribution in [0.5, 0.6) is 0 Å². The van der Waals surface area contributed by atoms with E-state index in [1.807, 2.05) is 6.07 Å². The van der Waals surface area contributed by atoms with E-state index in [2.05, 4.69) is 19.1 Å². The van der Waals surface area contributed by atoms with Crippen LogP contribution in [0.4, 0.5) is 4.39 Å². The highest BCUT2D eigenvalue weighted by Crippen LogP contribution is 2.44. The average Bonchev–Trinajstić information content (AvgIpc) is 2.79. The van der Waals surface area contributed by atoms with Crippen LogP contribution in [0.1, 0.15) is 113 Å². The number of benzene rings is 1. The molecule has 0 saturated heterocycles. The van der Waals surface area contributed by atoms with Gasteiger partial charge in [0.2, 0.25) is 0 Å². The first-order valence-electron chi connectivity index (χ1n) is 12.9. The second kappa shape index (κ2) is 10.1. The molecule has 3 fully saturated rings. The molecule has 3 saturated carbocycles. The molecule has 0 aromatic heterocycles. The van der Waals surface area contributed by atoms with Crippen molar-refractivity contribution < 1.29 is 4.39 Å². The van der Waals surface area contributed by atoms with Crippen LogP contribution < -0.4 is 11.5 Å². The van der Waals surface area contributed by atoms with Gasteiger partial charge in [-0.25, -0.2) is 4.39 Å². The van der Waals surface area contributed by atoms with Crippen molar-refractivity contribution in [1.29, 1.82) is 0 Å². The largest absolute Gasteiger partial charge is 0.328 e. The number of rotatable bonds is 5. The Morgan fingerprint density at radius 1 is 0.833 bits per heavy atom. The van der Waals surface area contributed by atoms with Gasteiger partial charge in [-0.15, -0.1) is 0 Å². The van der Waals surface area contributed by atoms with Crippen molar-refractivity contribution in [3.63, 3.8) is 0 Å². The Morgan fingerprint density at radius 2 is 1.40 bits per heavy atom. The average molecular weight is 415 g/mol. The predicted molar refractivity (Wildman–Crippen MR) is 124 cm³/mol. The van der Waals surface area contributed by atoms with Crippen molar-refractivity contribution in [1.82, 2.24) is 0 Å². The summed E-state index contributed by atoms with van der Waals surface area (Å²) in [5, 5.41) is 0. The Morgan fingerprint density at radius 3 is 1.97 bits per heavy atom. The summed E-state index contributed by atoms with van der Waals surface area (Å²) in [5.41, 5.74) is 14.5. The molecule has 0 amide bonds. The summed E-state index contributed by atoms with van der Waals surface area (Å²) < 4.78 is 15.1. The Kier molecular flexibility index (Phi) is 7.52. The van der Waals surface area contributed by atoms with E-state index in [0.29, 0.717) is 29.8 Å². The molecule has 1 atom stereocenters. The summed E-state index contributed by atoms with van der Waals surface area (Å²) in [4.78, 5) is 0. The standard InChI is InChI=1S/C27H43FN2/c1-2-27(30)22-9-5-20(6-10-22)23-13-16-25(26(28)17-23)21-7-3-18(4-8-21)19-11-14-24(29)15-12-19/h13,16-22,24,27H,2-12,14-15,29-30H2,1H3. The molecule has 1 unspecified atom stereocenters. The number of hydrogen-bond donors (Lipinski definition) is 2. The molecule has 0 spiro atoms. The van der Waals surface area contributed by atoms with Gasteiger partial charge >= 0.3 is 0 Å². The fourth-order valence-corrected chi connectivity index (χ4v) is 6.86. The minimum atomic E-state index is 0.0481. The van der Waals surface area contributed by atoms with E-state index in [4.69, 9.17) is 11.5 Å². The van der Waals surface area contributed by atoms with Crippen LogP contribution in [0.25, 0.3) is 0 Å². The summed E-state index contributed by atoms with van der Waals surface area (Å²) in [5.74, 6) is 3.36. The van der Waals surface area contributed by atoms with Gasteiger partial charge in [0, 0.05) is 12.1 Å². The fourth-order valence-electron chi connectivity index (χ4n) is 6.86. The minimum absolute atomic E-state index is 0.0481. The molecule has 0 heterocycles. The first-order valence-corrected chi connectivity index (χ1v) is 12.9. The van der Waals surface area contributed by atoms with Crippen molar-refractivity contribution in [2.75, 3.05) is 0 Å². The highest BCUT2D eigenvalue weighted by atomic mass is 19.1. The molecule has 4 rings (SSSR count). The van der Waals surface area contributed by atoms with Gasteiger partial charge in [-0.2, -0.15) is 0 Å². The third-order valence-corrected chi connectivity index (χ3v) is 9.04. The molecule has 3 aliphatic rings. The quantitative estimate of drug-likeness (QED) is 0.568. The Labute approximate surface area is 183 Å². The zero-order chi connectivity index (χ0) is 21.1. The number of halogens is 1. The molecule has 1 aromatic carbocycles. The van der Waals surface area contributed by atoms with Crippen LogP contribution in [0.15, 0.2) is 18.2 Å². The number of nitrogens with two attached hydrogens (primary N) is 2. The molecule has 4 N–H and O–H groups in total. The summed E-state index contributed by atoms with van der Waals surface area (Å²) in [6.07, 6.45) is 15.7. The van der Waals surface area contributed by atoms with Gasteiger partial charge in [0.1, 0.15) is 5.82 Å². The van der Waals surface area contributed by atoms with Crippen LogP contribution in [0, 0.1) is 23.6 Å². The summed E-state index contributed by atoms with van der Waals surface area (Å²) in [6.45, 7) is 2.18. The second-order valence-corrected chi connectivity index (χ2v) is 10.8. The molecular weight excluding hydrogens is 371 g/mol. The molecule has 0 aliphatic heterocycles. The van der Waals surface area contributed by atoms with E-state index < -0.39 is 0 Å². The second-order valence-electron chi connectivity index (χ2n) is 10.8. The highest BCUT2D eigenvalue weighted by Gasteiger charge is 2.32. The van der Waals surface area contributed by atoms with Gasteiger partial charge in [0.05, 0.1) is 0 Å². The van der Waals surface area contributed by atoms with Crippen molar-refractivity contribution in [2.45, 2.75) is 114 Å². The van der Waals surface area contributed by atoms with E-state index in [1.165, 1.54) is 56.9 Å². The van der Waals surface area contributed by atoms with E-state index in [0.717, 1.165) is 49.5 Å². The molecule has 30 heavy (non-hydrogen) atoms. The third-order valence-electron chi connectivity index (χ3n) is 9.04. The van der Waals surface area contributed by atoms with Crippen LogP contribution in [0.2, 0.25) is 0 Å². The lowest BCUT2D eigenvalue weighted by Crippen LogP contribution is -2.32. The Bertz CT molecular complexity index is 665. The first-order chi connectivity index (χ1) is 14.5. The third kappa shape index (κ3) is 5.10. The first kappa shape index (κ1) is 22.3. The van der Waals surface area contributed by atoms with Crippen LogP contribution >= 0.6 is 0 Å². The van der Waals surface area contributed by atoms with Gasteiger partial charge in [0.15, 0.2) is 0 Å². The maximum Gasteiger partial charge on any atom is 0.126 e. The van der Waals surface area contributed by atoms with E-state index in [-0.39, 0.29) is 5.82 Å². The predicted octanol–water partition coefficient (Wildman–Crippen LogP) is 6.63. The molecule has 0 bridgehead atoms. The van der Waals surface area contributed by atoms with Gasteiger partial charge in [-0.05, 0) is 130 Å². The Hall–Kier alpha value is -0.930. The van der Waals surface area contributed by atoms with Crippen molar-refractivity contribution in [2.24, 2.45) is 29.2 Å². The molecular formula is C27H43FN2. The Balaban J connectivity index is 1.31. The highest BCUT2D eigenvalue weighted by molar-refractivity contribution is 5.30.